The summed E-state index contributed by atoms with van der Waals surface area (Å²) in [5.74, 6) is 0.621. The fraction of sp³-hybridized carbons (Fsp3) is 0.292. The molecule has 0 fully saturated rings. The van der Waals surface area contributed by atoms with E-state index in [4.69, 9.17) is 0 Å². The summed E-state index contributed by atoms with van der Waals surface area (Å²) in [6.07, 6.45) is 7.24. The summed E-state index contributed by atoms with van der Waals surface area (Å²) in [5, 5.41) is 14.5. The molecule has 2 aromatic heterocycles. The largest absolute Gasteiger partial charge is 0.384 e. The van der Waals surface area contributed by atoms with E-state index in [1.165, 1.54) is 6.26 Å². The van der Waals surface area contributed by atoms with E-state index in [2.05, 4.69) is 4.98 Å². The fourth-order valence-electron chi connectivity index (χ4n) is 3.83. The molecule has 3 aromatic rings. The second-order valence-corrected chi connectivity index (χ2v) is 11.9. The molecule has 1 aliphatic rings. The van der Waals surface area contributed by atoms with Crippen LogP contribution in [-0.2, 0) is 15.4 Å². The van der Waals surface area contributed by atoms with Crippen molar-refractivity contribution in [1.82, 2.24) is 9.55 Å². The smallest absolute Gasteiger partial charge is 0.158 e. The minimum Gasteiger partial charge on any atom is -0.384 e. The lowest BCUT2D eigenvalue weighted by Crippen LogP contribution is -2.39. The monoisotopic (exact) mass is 454 g/mol. The van der Waals surface area contributed by atoms with Crippen molar-refractivity contribution in [2.75, 3.05) is 6.26 Å². The zero-order valence-electron chi connectivity index (χ0n) is 18.0. The summed E-state index contributed by atoms with van der Waals surface area (Å²) in [7, 11) is -3.49. The Morgan fingerprint density at radius 1 is 1.13 bits per heavy atom. The van der Waals surface area contributed by atoms with E-state index in [-0.39, 0.29) is 0 Å². The van der Waals surface area contributed by atoms with Crippen molar-refractivity contribution in [3.8, 4) is 11.4 Å². The van der Waals surface area contributed by atoms with Crippen molar-refractivity contribution in [1.29, 1.82) is 0 Å². The summed E-state index contributed by atoms with van der Waals surface area (Å²) in [6, 6.07) is 11.8. The maximum atomic E-state index is 13.1. The molecule has 1 aliphatic carbocycles. The molecule has 0 radical (unpaired) electrons. The van der Waals surface area contributed by atoms with Crippen LogP contribution in [0.3, 0.4) is 0 Å². The minimum absolute atomic E-state index is 0.348. The molecular formula is C24H26N2O3S2. The second-order valence-electron chi connectivity index (χ2n) is 8.68. The first-order chi connectivity index (χ1) is 14.5. The molecule has 1 aromatic carbocycles. The van der Waals surface area contributed by atoms with Crippen LogP contribution in [0, 0.1) is 0 Å². The van der Waals surface area contributed by atoms with Crippen LogP contribution in [0.25, 0.3) is 22.7 Å². The number of allylic oxidation sites excluding steroid dienone is 3. The first kappa shape index (κ1) is 21.7. The number of benzene rings is 1. The maximum absolute atomic E-state index is 13.1. The predicted octanol–water partition coefficient (Wildman–Crippen LogP) is 4.97. The van der Waals surface area contributed by atoms with Crippen LogP contribution in [0.15, 0.2) is 65.5 Å². The summed E-state index contributed by atoms with van der Waals surface area (Å²) in [6.45, 7) is 5.12. The Kier molecular flexibility index (Phi) is 5.32. The number of nitrogens with zero attached hydrogens (tertiary/aromatic N) is 2. The van der Waals surface area contributed by atoms with Crippen molar-refractivity contribution in [3.63, 3.8) is 0 Å². The fourth-order valence-corrected chi connectivity index (χ4v) is 5.43. The molecule has 0 saturated heterocycles. The van der Waals surface area contributed by atoms with Gasteiger partial charge in [-0.05, 0) is 55.9 Å². The number of rotatable bonds is 5. The average Bonchev–Trinajstić information content (AvgIpc) is 3.37. The molecule has 0 saturated carbocycles. The Bertz CT molecular complexity index is 1260. The lowest BCUT2D eigenvalue weighted by atomic mass is 9.87. The maximum Gasteiger partial charge on any atom is 0.158 e. The van der Waals surface area contributed by atoms with Gasteiger partial charge in [0, 0.05) is 29.1 Å². The summed E-state index contributed by atoms with van der Waals surface area (Å²) in [4.78, 5) is 4.69. The average molecular weight is 455 g/mol. The highest BCUT2D eigenvalue weighted by molar-refractivity contribution is 7.92. The van der Waals surface area contributed by atoms with Crippen molar-refractivity contribution in [2.45, 2.75) is 37.5 Å². The van der Waals surface area contributed by atoms with Crippen molar-refractivity contribution >= 4 is 32.4 Å². The second kappa shape index (κ2) is 7.58. The molecule has 2 heterocycles. The normalized spacial score (nSPS) is 19.8. The van der Waals surface area contributed by atoms with E-state index in [0.29, 0.717) is 23.6 Å². The van der Waals surface area contributed by atoms with E-state index in [1.807, 2.05) is 63.9 Å². The lowest BCUT2D eigenvalue weighted by molar-refractivity contribution is 0.0743. The first-order valence-electron chi connectivity index (χ1n) is 10.0. The van der Waals surface area contributed by atoms with E-state index in [9.17, 15) is 13.5 Å². The molecule has 4 rings (SSSR count). The quantitative estimate of drug-likeness (QED) is 0.591. The van der Waals surface area contributed by atoms with Gasteiger partial charge in [-0.1, -0.05) is 36.4 Å². The van der Waals surface area contributed by atoms with Gasteiger partial charge >= 0.3 is 0 Å². The third-order valence-electron chi connectivity index (χ3n) is 5.85. The molecule has 7 heteroatoms. The van der Waals surface area contributed by atoms with E-state index in [0.717, 1.165) is 16.7 Å². The minimum atomic E-state index is -3.49. The highest BCUT2D eigenvalue weighted by Gasteiger charge is 2.44. The molecule has 1 atom stereocenters. The summed E-state index contributed by atoms with van der Waals surface area (Å²) in [5.41, 5.74) is 2.82. The van der Waals surface area contributed by atoms with Crippen LogP contribution in [0.1, 0.15) is 38.4 Å². The molecule has 0 amide bonds. The molecule has 0 aliphatic heterocycles. The van der Waals surface area contributed by atoms with Gasteiger partial charge in [-0.3, -0.25) is 0 Å². The SMILES string of the molecule is CC(C)(O)c1cn(C2=CC=C(c3ccccc3)CC2(C)S(C)(=O)=O)c(-c2ccsc2)n1. The van der Waals surface area contributed by atoms with Crippen LogP contribution in [0.2, 0.25) is 0 Å². The van der Waals surface area contributed by atoms with Gasteiger partial charge in [-0.15, -0.1) is 0 Å². The Balaban J connectivity index is 1.96. The van der Waals surface area contributed by atoms with Gasteiger partial charge in [0.15, 0.2) is 9.84 Å². The highest BCUT2D eigenvalue weighted by Crippen LogP contribution is 2.44. The van der Waals surface area contributed by atoms with E-state index >= 15 is 0 Å². The molecule has 1 unspecified atom stereocenters. The number of hydrogen-bond acceptors (Lipinski definition) is 5. The van der Waals surface area contributed by atoms with Crippen LogP contribution in [-0.4, -0.2) is 34.1 Å². The van der Waals surface area contributed by atoms with Crippen molar-refractivity contribution in [2.24, 2.45) is 0 Å². The molecular weight excluding hydrogens is 428 g/mol. The number of aromatic nitrogens is 2. The third-order valence-corrected chi connectivity index (χ3v) is 8.52. The predicted molar refractivity (Wildman–Crippen MR) is 127 cm³/mol. The third kappa shape index (κ3) is 3.93. The van der Waals surface area contributed by atoms with Gasteiger partial charge in [0.2, 0.25) is 0 Å². The Morgan fingerprint density at radius 3 is 2.42 bits per heavy atom. The van der Waals surface area contributed by atoms with Gasteiger partial charge < -0.3 is 9.67 Å². The van der Waals surface area contributed by atoms with E-state index < -0.39 is 20.2 Å². The Morgan fingerprint density at radius 2 is 1.84 bits per heavy atom. The zero-order chi connectivity index (χ0) is 22.4. The molecule has 5 nitrogen and oxygen atoms in total. The van der Waals surface area contributed by atoms with Crippen LogP contribution in [0.5, 0.6) is 0 Å². The van der Waals surface area contributed by atoms with E-state index in [1.54, 1.807) is 38.3 Å². The number of aliphatic hydroxyl groups is 1. The standard InChI is InChI=1S/C24H26N2O3S2/c1-23(2,27)20-15-26(22(25-20)19-12-13-30-16-19)21-11-10-18(17-8-6-5-7-9-17)14-24(21,3)31(4,28)29/h5-13,15-16,27H,14H2,1-4H3. The van der Waals surface area contributed by atoms with Gasteiger partial charge in [0.1, 0.15) is 16.2 Å². The van der Waals surface area contributed by atoms with Crippen molar-refractivity contribution < 1.29 is 13.5 Å². The zero-order valence-corrected chi connectivity index (χ0v) is 19.7. The summed E-state index contributed by atoms with van der Waals surface area (Å²) < 4.78 is 26.9. The van der Waals surface area contributed by atoms with Crippen LogP contribution < -0.4 is 0 Å². The number of sulfone groups is 1. The molecule has 162 valence electrons. The van der Waals surface area contributed by atoms with Gasteiger partial charge in [-0.25, -0.2) is 13.4 Å². The molecule has 0 bridgehead atoms. The molecule has 0 spiro atoms. The van der Waals surface area contributed by atoms with Crippen LogP contribution in [0.4, 0.5) is 0 Å². The number of imidazole rings is 1. The van der Waals surface area contributed by atoms with Crippen molar-refractivity contribution in [3.05, 3.63) is 76.8 Å². The first-order valence-corrected chi connectivity index (χ1v) is 12.9. The number of hydrogen-bond donors (Lipinski definition) is 1. The van der Waals surface area contributed by atoms with Gasteiger partial charge in [0.05, 0.1) is 5.69 Å². The Hall–Kier alpha value is -2.48. The summed E-state index contributed by atoms with van der Waals surface area (Å²) >= 11 is 1.54. The number of thiophene rings is 1. The molecule has 31 heavy (non-hydrogen) atoms. The van der Waals surface area contributed by atoms with Gasteiger partial charge in [0.25, 0.3) is 0 Å². The van der Waals surface area contributed by atoms with Crippen LogP contribution >= 0.6 is 11.3 Å². The molecule has 1 N–H and O–H groups in total. The lowest BCUT2D eigenvalue weighted by Gasteiger charge is -2.35. The topological polar surface area (TPSA) is 72.2 Å². The van der Waals surface area contributed by atoms with Gasteiger partial charge in [-0.2, -0.15) is 11.3 Å². The highest BCUT2D eigenvalue weighted by atomic mass is 32.2. The Labute approximate surface area is 187 Å².